The second-order valence-corrected chi connectivity index (χ2v) is 10.6. The highest BCUT2D eigenvalue weighted by molar-refractivity contribution is 8.00. The van der Waals surface area contributed by atoms with Gasteiger partial charge in [0.1, 0.15) is 11.9 Å². The van der Waals surface area contributed by atoms with E-state index in [0.717, 1.165) is 30.5 Å². The van der Waals surface area contributed by atoms with Gasteiger partial charge in [0.05, 0.1) is 23.6 Å². The van der Waals surface area contributed by atoms with Crippen LogP contribution in [-0.2, 0) is 4.79 Å². The molecule has 1 aromatic carbocycles. The molecule has 0 amide bonds. The molecular formula is C24H30ClFN2O3S. The van der Waals surface area contributed by atoms with Crippen LogP contribution in [0.5, 0.6) is 5.75 Å². The van der Waals surface area contributed by atoms with Crippen molar-refractivity contribution in [3.8, 4) is 5.75 Å². The van der Waals surface area contributed by atoms with Crippen LogP contribution in [0.2, 0.25) is 5.02 Å². The van der Waals surface area contributed by atoms with E-state index >= 15 is 4.39 Å². The van der Waals surface area contributed by atoms with Crippen LogP contribution in [0.3, 0.4) is 0 Å². The van der Waals surface area contributed by atoms with Gasteiger partial charge in [-0.05, 0) is 62.8 Å². The van der Waals surface area contributed by atoms with Gasteiger partial charge in [0.25, 0.3) is 0 Å². The maximum absolute atomic E-state index is 15.5. The van der Waals surface area contributed by atoms with E-state index in [0.29, 0.717) is 35.2 Å². The Labute approximate surface area is 197 Å². The van der Waals surface area contributed by atoms with Crippen LogP contribution in [0.4, 0.5) is 4.39 Å². The first-order chi connectivity index (χ1) is 15.5. The Hall–Kier alpha value is -1.57. The number of likely N-dealkylation sites (tertiary alicyclic amines) is 1. The molecule has 0 radical (unpaired) electrons. The molecule has 2 aliphatic rings. The number of pyridine rings is 1. The van der Waals surface area contributed by atoms with Crippen LogP contribution in [-0.4, -0.2) is 58.7 Å². The molecule has 3 unspecified atom stereocenters. The number of carboxylic acid groups (broad SMARTS) is 1. The topological polar surface area (TPSA) is 62.7 Å². The minimum atomic E-state index is -1.29. The number of aromatic nitrogens is 1. The monoisotopic (exact) mass is 480 g/mol. The summed E-state index contributed by atoms with van der Waals surface area (Å²) in [6.07, 6.45) is 4.38. The lowest BCUT2D eigenvalue weighted by Crippen LogP contribution is -2.44. The molecule has 174 valence electrons. The third-order valence-electron chi connectivity index (χ3n) is 6.62. The molecule has 2 heterocycles. The molecule has 4 rings (SSSR count). The fourth-order valence-electron chi connectivity index (χ4n) is 4.60. The van der Waals surface area contributed by atoms with Gasteiger partial charge < -0.3 is 14.7 Å². The summed E-state index contributed by atoms with van der Waals surface area (Å²) in [6.45, 7) is 2.37. The number of piperidine rings is 1. The SMILES string of the molecule is COc1ccc2ncc(Cl)c(C(F)CCC3CCN(CCSC4CC4)CC3C(=O)O)c2c1. The van der Waals surface area contributed by atoms with Crippen LogP contribution in [0.25, 0.3) is 10.9 Å². The van der Waals surface area contributed by atoms with E-state index in [1.165, 1.54) is 19.0 Å². The number of hydrogen-bond donors (Lipinski definition) is 1. The van der Waals surface area contributed by atoms with E-state index in [9.17, 15) is 9.90 Å². The first kappa shape index (κ1) is 23.6. The summed E-state index contributed by atoms with van der Waals surface area (Å²) in [6, 6.07) is 5.33. The quantitative estimate of drug-likeness (QED) is 0.477. The van der Waals surface area contributed by atoms with Gasteiger partial charge in [-0.25, -0.2) is 4.39 Å². The zero-order valence-electron chi connectivity index (χ0n) is 18.3. The number of ether oxygens (including phenoxy) is 1. The van der Waals surface area contributed by atoms with E-state index in [-0.39, 0.29) is 17.4 Å². The number of alkyl halides is 1. The van der Waals surface area contributed by atoms with Crippen molar-refractivity contribution in [2.45, 2.75) is 43.5 Å². The molecule has 1 N–H and O–H groups in total. The van der Waals surface area contributed by atoms with Crippen molar-refractivity contribution >= 4 is 40.2 Å². The number of hydrogen-bond acceptors (Lipinski definition) is 5. The van der Waals surface area contributed by atoms with E-state index in [2.05, 4.69) is 9.88 Å². The van der Waals surface area contributed by atoms with Gasteiger partial charge in [0.15, 0.2) is 0 Å². The zero-order chi connectivity index (χ0) is 22.7. The average Bonchev–Trinajstić information content (AvgIpc) is 3.61. The zero-order valence-corrected chi connectivity index (χ0v) is 19.9. The summed E-state index contributed by atoms with van der Waals surface area (Å²) in [7, 11) is 1.56. The Balaban J connectivity index is 1.40. The van der Waals surface area contributed by atoms with Gasteiger partial charge in [0.2, 0.25) is 0 Å². The molecule has 2 fully saturated rings. The fourth-order valence-corrected chi connectivity index (χ4v) is 6.03. The van der Waals surface area contributed by atoms with Gasteiger partial charge in [-0.3, -0.25) is 9.78 Å². The third kappa shape index (κ3) is 5.67. The number of thioether (sulfide) groups is 1. The molecule has 5 nitrogen and oxygen atoms in total. The molecule has 1 saturated carbocycles. The summed E-state index contributed by atoms with van der Waals surface area (Å²) >= 11 is 8.34. The molecule has 1 aliphatic heterocycles. The van der Waals surface area contributed by atoms with Gasteiger partial charge in [-0.15, -0.1) is 0 Å². The number of rotatable bonds is 10. The fraction of sp³-hybridized carbons (Fsp3) is 0.583. The van der Waals surface area contributed by atoms with Crippen molar-refractivity contribution in [3.63, 3.8) is 0 Å². The second-order valence-electron chi connectivity index (χ2n) is 8.81. The standard InChI is InChI=1S/C24H30ClFN2O3S/c1-31-16-3-7-22-18(12-16)23(20(25)13-27-22)21(26)6-2-15-8-9-28(14-19(15)24(29)30)10-11-32-17-4-5-17/h3,7,12-13,15,17,19,21H,2,4-6,8-11,14H2,1H3,(H,29,30). The summed E-state index contributed by atoms with van der Waals surface area (Å²) in [5, 5.41) is 11.6. The number of nitrogens with zero attached hydrogens (tertiary/aromatic N) is 2. The lowest BCUT2D eigenvalue weighted by atomic mass is 9.81. The van der Waals surface area contributed by atoms with Crippen molar-refractivity contribution < 1.29 is 19.0 Å². The predicted octanol–water partition coefficient (Wildman–Crippen LogP) is 5.61. The Morgan fingerprint density at radius 3 is 2.94 bits per heavy atom. The highest BCUT2D eigenvalue weighted by Gasteiger charge is 2.35. The molecule has 32 heavy (non-hydrogen) atoms. The summed E-state index contributed by atoms with van der Waals surface area (Å²) < 4.78 is 20.7. The van der Waals surface area contributed by atoms with E-state index in [1.54, 1.807) is 25.3 Å². The van der Waals surface area contributed by atoms with Crippen LogP contribution in [0.15, 0.2) is 24.4 Å². The molecular weight excluding hydrogens is 451 g/mol. The van der Waals surface area contributed by atoms with Crippen molar-refractivity contribution in [1.29, 1.82) is 0 Å². The summed E-state index contributed by atoms with van der Waals surface area (Å²) in [4.78, 5) is 18.5. The molecule has 2 aromatic rings. The van der Waals surface area contributed by atoms with Crippen molar-refractivity contribution in [3.05, 3.63) is 35.0 Å². The van der Waals surface area contributed by atoms with Crippen molar-refractivity contribution in [2.75, 3.05) is 32.5 Å². The van der Waals surface area contributed by atoms with E-state index in [1.807, 2.05) is 11.8 Å². The third-order valence-corrected chi connectivity index (χ3v) is 8.28. The molecule has 0 spiro atoms. The average molecular weight is 481 g/mol. The van der Waals surface area contributed by atoms with Gasteiger partial charge in [-0.1, -0.05) is 11.6 Å². The Kier molecular flexibility index (Phi) is 7.79. The summed E-state index contributed by atoms with van der Waals surface area (Å²) in [5.74, 6) is 0.423. The Morgan fingerprint density at radius 2 is 2.22 bits per heavy atom. The number of fused-ring (bicyclic) bond motifs is 1. The van der Waals surface area contributed by atoms with Crippen molar-refractivity contribution in [1.82, 2.24) is 9.88 Å². The first-order valence-corrected chi connectivity index (χ1v) is 12.7. The summed E-state index contributed by atoms with van der Waals surface area (Å²) in [5.41, 5.74) is 1.07. The van der Waals surface area contributed by atoms with E-state index in [4.69, 9.17) is 16.3 Å². The molecule has 8 heteroatoms. The van der Waals surface area contributed by atoms with Gasteiger partial charge in [0, 0.05) is 41.2 Å². The lowest BCUT2D eigenvalue weighted by molar-refractivity contribution is -0.146. The first-order valence-electron chi connectivity index (χ1n) is 11.3. The number of carbonyl (C=O) groups is 1. The molecule has 3 atom stereocenters. The second kappa shape index (κ2) is 10.6. The number of aliphatic carboxylic acids is 1. The minimum absolute atomic E-state index is 0.0282. The van der Waals surface area contributed by atoms with Crippen LogP contribution >= 0.6 is 23.4 Å². The molecule has 0 bridgehead atoms. The lowest BCUT2D eigenvalue weighted by Gasteiger charge is -2.36. The predicted molar refractivity (Wildman–Crippen MR) is 128 cm³/mol. The van der Waals surface area contributed by atoms with Crippen molar-refractivity contribution in [2.24, 2.45) is 11.8 Å². The maximum Gasteiger partial charge on any atom is 0.308 e. The van der Waals surface area contributed by atoms with Crippen LogP contribution in [0, 0.1) is 11.8 Å². The van der Waals surface area contributed by atoms with Gasteiger partial charge >= 0.3 is 5.97 Å². The largest absolute Gasteiger partial charge is 0.497 e. The number of halogens is 2. The minimum Gasteiger partial charge on any atom is -0.497 e. The smallest absolute Gasteiger partial charge is 0.308 e. The molecule has 1 aliphatic carbocycles. The number of benzene rings is 1. The van der Waals surface area contributed by atoms with Gasteiger partial charge in [-0.2, -0.15) is 11.8 Å². The Morgan fingerprint density at radius 1 is 1.41 bits per heavy atom. The van der Waals surface area contributed by atoms with E-state index < -0.39 is 18.1 Å². The molecule has 1 aromatic heterocycles. The maximum atomic E-state index is 15.5. The number of methoxy groups -OCH3 is 1. The highest BCUT2D eigenvalue weighted by atomic mass is 35.5. The normalized spacial score (nSPS) is 22.7. The highest BCUT2D eigenvalue weighted by Crippen LogP contribution is 2.39. The van der Waals surface area contributed by atoms with Crippen LogP contribution in [0.1, 0.15) is 43.8 Å². The molecule has 1 saturated heterocycles. The number of carboxylic acids is 1. The van der Waals surface area contributed by atoms with Crippen LogP contribution < -0.4 is 4.74 Å². The Bertz CT molecular complexity index is 958.